The van der Waals surface area contributed by atoms with Crippen molar-refractivity contribution in [3.63, 3.8) is 0 Å². The smallest absolute Gasteiger partial charge is 0.259 e. The number of carbonyl (C=O) groups is 1. The van der Waals surface area contributed by atoms with E-state index in [0.29, 0.717) is 15.1 Å². The zero-order chi connectivity index (χ0) is 20.9. The number of nitrogens with zero attached hydrogens (tertiary/aromatic N) is 1. The van der Waals surface area contributed by atoms with Crippen LogP contribution in [0.2, 0.25) is 0 Å². The van der Waals surface area contributed by atoms with Gasteiger partial charge in [-0.2, -0.15) is 0 Å². The van der Waals surface area contributed by atoms with Crippen molar-refractivity contribution in [1.29, 1.82) is 0 Å². The Morgan fingerprint density at radius 3 is 2.00 bits per heavy atom. The van der Waals surface area contributed by atoms with E-state index in [2.05, 4.69) is 15.9 Å². The molecular weight excluding hydrogens is 477 g/mol. The van der Waals surface area contributed by atoms with Gasteiger partial charge in [-0.05, 0) is 36.4 Å². The summed E-state index contributed by atoms with van der Waals surface area (Å²) in [6.07, 6.45) is 0. The van der Waals surface area contributed by atoms with Crippen LogP contribution in [-0.2, 0) is 0 Å². The topological polar surface area (TPSA) is 20.3 Å². The first-order valence-corrected chi connectivity index (χ1v) is 9.84. The van der Waals surface area contributed by atoms with Gasteiger partial charge in [-0.15, -0.1) is 0 Å². The molecule has 1 unspecified atom stereocenters. The Hall–Kier alpha value is -2.39. The van der Waals surface area contributed by atoms with E-state index >= 15 is 0 Å². The molecule has 3 aromatic carbocycles. The molecule has 2 nitrogen and oxygen atoms in total. The largest absolute Gasteiger partial charge is 0.290 e. The van der Waals surface area contributed by atoms with Crippen LogP contribution in [0.4, 0.5) is 27.6 Å². The summed E-state index contributed by atoms with van der Waals surface area (Å²) >= 11 is 4.08. The van der Waals surface area contributed by atoms with Gasteiger partial charge in [0.2, 0.25) is 5.82 Å². The average molecular weight is 486 g/mol. The molecule has 29 heavy (non-hydrogen) atoms. The van der Waals surface area contributed by atoms with E-state index in [1.54, 1.807) is 36.4 Å². The van der Waals surface area contributed by atoms with Gasteiger partial charge in [-0.25, -0.2) is 22.0 Å². The first-order valence-electron chi connectivity index (χ1n) is 8.17. The molecule has 1 atom stereocenters. The quantitative estimate of drug-likeness (QED) is 0.231. The highest BCUT2D eigenvalue weighted by Gasteiger charge is 2.41. The van der Waals surface area contributed by atoms with E-state index in [9.17, 15) is 26.7 Å². The molecule has 1 aliphatic heterocycles. The number of rotatable bonds is 2. The van der Waals surface area contributed by atoms with Gasteiger partial charge < -0.3 is 0 Å². The second-order valence-electron chi connectivity index (χ2n) is 6.10. The zero-order valence-corrected chi connectivity index (χ0v) is 16.6. The first-order chi connectivity index (χ1) is 13.8. The summed E-state index contributed by atoms with van der Waals surface area (Å²) in [6, 6.07) is 12.6. The van der Waals surface area contributed by atoms with Crippen LogP contribution in [0, 0.1) is 29.1 Å². The molecule has 0 fully saturated rings. The minimum atomic E-state index is -2.24. The number of anilines is 1. The Balaban J connectivity index is 1.90. The molecule has 148 valence electrons. The first kappa shape index (κ1) is 19.9. The number of fused-ring (bicyclic) bond motifs is 1. The highest BCUT2D eigenvalue weighted by atomic mass is 79.9. The number of amides is 1. The molecule has 0 bridgehead atoms. The fraction of sp³-hybridized carbons (Fsp3) is 0.0500. The molecule has 4 rings (SSSR count). The van der Waals surface area contributed by atoms with Gasteiger partial charge in [-0.1, -0.05) is 39.8 Å². The van der Waals surface area contributed by atoms with E-state index in [1.165, 1.54) is 12.1 Å². The molecular formula is C20H9BrF5NOS. The molecule has 0 radical (unpaired) electrons. The molecule has 1 heterocycles. The molecule has 0 N–H and O–H groups in total. The van der Waals surface area contributed by atoms with Crippen LogP contribution in [0.5, 0.6) is 0 Å². The van der Waals surface area contributed by atoms with Crippen LogP contribution in [0.1, 0.15) is 21.3 Å². The number of para-hydroxylation sites is 1. The highest BCUT2D eigenvalue weighted by molar-refractivity contribution is 9.10. The van der Waals surface area contributed by atoms with Crippen molar-refractivity contribution in [3.8, 4) is 0 Å². The third-order valence-corrected chi connectivity index (χ3v) is 6.20. The van der Waals surface area contributed by atoms with Crippen molar-refractivity contribution >= 4 is 39.3 Å². The summed E-state index contributed by atoms with van der Waals surface area (Å²) in [6.45, 7) is 0. The maximum Gasteiger partial charge on any atom is 0.259 e. The Morgan fingerprint density at radius 1 is 0.828 bits per heavy atom. The summed E-state index contributed by atoms with van der Waals surface area (Å²) in [5.41, 5.74) is -0.549. The second-order valence-corrected chi connectivity index (χ2v) is 8.14. The number of halogens is 6. The lowest BCUT2D eigenvalue weighted by molar-refractivity contribution is 0.0984. The maximum absolute atomic E-state index is 14.5. The van der Waals surface area contributed by atoms with Crippen LogP contribution in [-0.4, -0.2) is 5.91 Å². The lowest BCUT2D eigenvalue weighted by atomic mass is 10.1. The van der Waals surface area contributed by atoms with Crippen LogP contribution >= 0.6 is 27.7 Å². The average Bonchev–Trinajstić information content (AvgIpc) is 3.10. The van der Waals surface area contributed by atoms with Crippen molar-refractivity contribution in [1.82, 2.24) is 0 Å². The Morgan fingerprint density at radius 2 is 1.38 bits per heavy atom. The molecule has 0 aliphatic carbocycles. The van der Waals surface area contributed by atoms with Crippen LogP contribution < -0.4 is 4.90 Å². The van der Waals surface area contributed by atoms with Gasteiger partial charge in [0.15, 0.2) is 23.3 Å². The molecule has 3 aromatic rings. The van der Waals surface area contributed by atoms with Crippen molar-refractivity contribution < 1.29 is 26.7 Å². The number of hydrogen-bond acceptors (Lipinski definition) is 2. The normalized spacial score (nSPS) is 15.5. The van der Waals surface area contributed by atoms with Crippen LogP contribution in [0.3, 0.4) is 0 Å². The third-order valence-electron chi connectivity index (χ3n) is 4.40. The second kappa shape index (κ2) is 7.46. The van der Waals surface area contributed by atoms with Gasteiger partial charge in [-0.3, -0.25) is 9.69 Å². The third kappa shape index (κ3) is 3.22. The SMILES string of the molecule is O=C(c1ccc(Br)cc1)N1c2ccccc2SC1c1c(F)c(F)c(F)c(F)c1F. The van der Waals surface area contributed by atoms with Crippen molar-refractivity contribution in [2.24, 2.45) is 0 Å². The minimum absolute atomic E-state index is 0.194. The summed E-state index contributed by atoms with van der Waals surface area (Å²) in [7, 11) is 0. The van der Waals surface area contributed by atoms with E-state index in [4.69, 9.17) is 0 Å². The van der Waals surface area contributed by atoms with Crippen molar-refractivity contribution in [2.75, 3.05) is 4.90 Å². The zero-order valence-electron chi connectivity index (χ0n) is 14.2. The van der Waals surface area contributed by atoms with Crippen molar-refractivity contribution in [2.45, 2.75) is 10.3 Å². The molecule has 0 saturated heterocycles. The fourth-order valence-corrected chi connectivity index (χ4v) is 4.62. The molecule has 0 saturated carbocycles. The summed E-state index contributed by atoms with van der Waals surface area (Å²) < 4.78 is 70.8. The molecule has 0 spiro atoms. The van der Waals surface area contributed by atoms with Gasteiger partial charge in [0, 0.05) is 14.9 Å². The van der Waals surface area contributed by atoms with E-state index in [1.807, 2.05) is 0 Å². The van der Waals surface area contributed by atoms with E-state index in [0.717, 1.165) is 16.7 Å². The Kier molecular flexibility index (Phi) is 5.12. The standard InChI is InChI=1S/C20H9BrF5NOS/c21-10-7-5-9(6-8-10)19(28)27-11-3-1-2-4-12(11)29-20(27)13-14(22)16(24)18(26)17(25)15(13)23/h1-8,20H. The monoisotopic (exact) mass is 485 g/mol. The van der Waals surface area contributed by atoms with Gasteiger partial charge in [0.25, 0.3) is 5.91 Å². The molecule has 1 amide bonds. The van der Waals surface area contributed by atoms with Gasteiger partial charge >= 0.3 is 0 Å². The molecule has 9 heteroatoms. The van der Waals surface area contributed by atoms with E-state index in [-0.39, 0.29) is 5.56 Å². The molecule has 1 aliphatic rings. The van der Waals surface area contributed by atoms with Crippen LogP contribution in [0.15, 0.2) is 57.9 Å². The number of benzene rings is 3. The van der Waals surface area contributed by atoms with Gasteiger partial charge in [0.05, 0.1) is 11.3 Å². The maximum atomic E-state index is 14.5. The Bertz CT molecular complexity index is 1110. The molecule has 0 aromatic heterocycles. The summed E-state index contributed by atoms with van der Waals surface area (Å²) in [5, 5.41) is -1.46. The van der Waals surface area contributed by atoms with E-state index < -0.39 is 45.9 Å². The number of thioether (sulfide) groups is 1. The predicted molar refractivity (Wildman–Crippen MR) is 102 cm³/mol. The number of carbonyl (C=O) groups excluding carboxylic acids is 1. The van der Waals surface area contributed by atoms with Gasteiger partial charge in [0.1, 0.15) is 5.37 Å². The predicted octanol–water partition coefficient (Wildman–Crippen LogP) is 6.60. The summed E-state index contributed by atoms with van der Waals surface area (Å²) in [5.74, 6) is -10.9. The minimum Gasteiger partial charge on any atom is -0.290 e. The lowest BCUT2D eigenvalue weighted by Gasteiger charge is -2.26. The Labute approximate surface area is 174 Å². The van der Waals surface area contributed by atoms with Crippen LogP contribution in [0.25, 0.3) is 0 Å². The highest BCUT2D eigenvalue weighted by Crippen LogP contribution is 2.53. The summed E-state index contributed by atoms with van der Waals surface area (Å²) in [4.78, 5) is 14.7. The van der Waals surface area contributed by atoms with Crippen molar-refractivity contribution in [3.05, 3.63) is 93.2 Å². The fourth-order valence-electron chi connectivity index (χ4n) is 3.03. The lowest BCUT2D eigenvalue weighted by Crippen LogP contribution is -2.32. The number of hydrogen-bond donors (Lipinski definition) is 0.